The van der Waals surface area contributed by atoms with Gasteiger partial charge in [0.25, 0.3) is 0 Å². The minimum absolute atomic E-state index is 0.0840. The zero-order chi connectivity index (χ0) is 24.7. The van der Waals surface area contributed by atoms with Gasteiger partial charge in [-0.05, 0) is 35.9 Å². The fourth-order valence-electron chi connectivity index (χ4n) is 4.07. The molecule has 1 fully saturated rings. The van der Waals surface area contributed by atoms with Crippen molar-refractivity contribution in [3.63, 3.8) is 0 Å². The van der Waals surface area contributed by atoms with Gasteiger partial charge in [-0.1, -0.05) is 30.3 Å². The van der Waals surface area contributed by atoms with Gasteiger partial charge in [-0.25, -0.2) is 15.0 Å². The van der Waals surface area contributed by atoms with Crippen molar-refractivity contribution in [2.75, 3.05) is 36.4 Å². The number of hydrogen-bond donors (Lipinski definition) is 1. The van der Waals surface area contributed by atoms with Crippen LogP contribution in [0.25, 0.3) is 11.5 Å². The second kappa shape index (κ2) is 10.8. The first-order valence-corrected chi connectivity index (χ1v) is 11.8. The fourth-order valence-corrected chi connectivity index (χ4v) is 4.07. The Kier molecular flexibility index (Phi) is 6.98. The molecule has 3 heterocycles. The van der Waals surface area contributed by atoms with Gasteiger partial charge in [-0.3, -0.25) is 9.59 Å². The largest absolute Gasteiger partial charge is 0.444 e. The highest BCUT2D eigenvalue weighted by molar-refractivity contribution is 5.92. The summed E-state index contributed by atoms with van der Waals surface area (Å²) in [5, 5.41) is 2.87. The highest BCUT2D eigenvalue weighted by Crippen LogP contribution is 2.19. The number of anilines is 2. The first-order valence-electron chi connectivity index (χ1n) is 11.8. The molecule has 0 radical (unpaired) electrons. The molecule has 5 rings (SSSR count). The molecular formula is C27H26N6O3. The van der Waals surface area contributed by atoms with Gasteiger partial charge in [-0.15, -0.1) is 0 Å². The third-order valence-electron chi connectivity index (χ3n) is 5.97. The maximum Gasteiger partial charge on any atom is 0.230 e. The molecule has 0 atom stereocenters. The van der Waals surface area contributed by atoms with Crippen molar-refractivity contribution in [1.82, 2.24) is 19.9 Å². The number of carbonyl (C=O) groups excluding carboxylic acids is 2. The second-order valence-corrected chi connectivity index (χ2v) is 8.53. The van der Waals surface area contributed by atoms with Gasteiger partial charge in [0, 0.05) is 49.8 Å². The van der Waals surface area contributed by atoms with Gasteiger partial charge in [0.05, 0.1) is 18.5 Å². The average molecular weight is 483 g/mol. The standard InChI is InChI=1S/C27H26N6O3/c34-24(18-23-19-36-26(31-23)21-5-2-1-3-6-21)30-22-9-7-20(8-10-22)17-25(35)32-13-15-33(16-14-32)27-28-11-4-12-29-27/h1-12,19H,13-18H2,(H,30,34). The number of carbonyl (C=O) groups is 2. The number of piperazine rings is 1. The zero-order valence-electron chi connectivity index (χ0n) is 19.7. The fraction of sp³-hybridized carbons (Fsp3) is 0.222. The van der Waals surface area contributed by atoms with Crippen LogP contribution in [0.3, 0.4) is 0 Å². The molecule has 0 spiro atoms. The van der Waals surface area contributed by atoms with Gasteiger partial charge < -0.3 is 19.5 Å². The summed E-state index contributed by atoms with van der Waals surface area (Å²) in [4.78, 5) is 42.1. The summed E-state index contributed by atoms with van der Waals surface area (Å²) >= 11 is 0. The SMILES string of the molecule is O=C(Cc1coc(-c2ccccc2)n1)Nc1ccc(CC(=O)N2CCN(c3ncccn3)CC2)cc1. The highest BCUT2D eigenvalue weighted by atomic mass is 16.3. The van der Waals surface area contributed by atoms with Crippen LogP contribution in [-0.2, 0) is 22.4 Å². The van der Waals surface area contributed by atoms with Crippen LogP contribution in [0.1, 0.15) is 11.3 Å². The molecule has 1 saturated heterocycles. The summed E-state index contributed by atoms with van der Waals surface area (Å²) in [5.41, 5.74) is 2.99. The number of rotatable bonds is 7. The predicted octanol–water partition coefficient (Wildman–Crippen LogP) is 3.20. The Balaban J connectivity index is 1.09. The van der Waals surface area contributed by atoms with Crippen molar-refractivity contribution >= 4 is 23.5 Å². The number of nitrogens with zero attached hydrogens (tertiary/aromatic N) is 5. The molecule has 0 aliphatic carbocycles. The minimum atomic E-state index is -0.188. The van der Waals surface area contributed by atoms with Gasteiger partial charge in [0.1, 0.15) is 6.26 Å². The van der Waals surface area contributed by atoms with Crippen LogP contribution in [0, 0.1) is 0 Å². The lowest BCUT2D eigenvalue weighted by atomic mass is 10.1. The number of benzene rings is 2. The molecule has 4 aromatic rings. The van der Waals surface area contributed by atoms with E-state index in [1.54, 1.807) is 18.5 Å². The molecule has 2 aromatic carbocycles. The van der Waals surface area contributed by atoms with E-state index in [1.165, 1.54) is 6.26 Å². The number of aromatic nitrogens is 3. The Hall–Kier alpha value is -4.53. The van der Waals surface area contributed by atoms with Crippen LogP contribution in [0.15, 0.2) is 83.7 Å². The Morgan fingerprint density at radius 1 is 0.861 bits per heavy atom. The predicted molar refractivity (Wildman–Crippen MR) is 135 cm³/mol. The summed E-state index contributed by atoms with van der Waals surface area (Å²) in [6.07, 6.45) is 5.38. The van der Waals surface area contributed by atoms with E-state index >= 15 is 0 Å². The van der Waals surface area contributed by atoms with E-state index in [0.29, 0.717) is 55.8 Å². The van der Waals surface area contributed by atoms with Crippen LogP contribution in [0.2, 0.25) is 0 Å². The lowest BCUT2D eigenvalue weighted by Gasteiger charge is -2.34. The smallest absolute Gasteiger partial charge is 0.230 e. The number of oxazole rings is 1. The van der Waals surface area contributed by atoms with Crippen molar-refractivity contribution in [2.45, 2.75) is 12.8 Å². The molecule has 2 amide bonds. The van der Waals surface area contributed by atoms with E-state index in [9.17, 15) is 9.59 Å². The molecule has 9 heteroatoms. The van der Waals surface area contributed by atoms with Crippen molar-refractivity contribution in [3.8, 4) is 11.5 Å². The molecule has 182 valence electrons. The van der Waals surface area contributed by atoms with Crippen LogP contribution in [0.4, 0.5) is 11.6 Å². The molecule has 1 aliphatic heterocycles. The summed E-state index contributed by atoms with van der Waals surface area (Å²) < 4.78 is 5.50. The molecule has 1 aliphatic rings. The second-order valence-electron chi connectivity index (χ2n) is 8.53. The minimum Gasteiger partial charge on any atom is -0.444 e. The maximum absolute atomic E-state index is 12.8. The van der Waals surface area contributed by atoms with Gasteiger partial charge in [0.2, 0.25) is 23.7 Å². The molecule has 0 unspecified atom stereocenters. The normalized spacial score (nSPS) is 13.4. The number of amides is 2. The van der Waals surface area contributed by atoms with Crippen molar-refractivity contribution in [2.24, 2.45) is 0 Å². The third-order valence-corrected chi connectivity index (χ3v) is 5.97. The van der Waals surface area contributed by atoms with Crippen molar-refractivity contribution in [3.05, 3.63) is 90.6 Å². The van der Waals surface area contributed by atoms with E-state index < -0.39 is 0 Å². The van der Waals surface area contributed by atoms with Crippen LogP contribution >= 0.6 is 0 Å². The Morgan fingerprint density at radius 3 is 2.31 bits per heavy atom. The van der Waals surface area contributed by atoms with Crippen molar-refractivity contribution < 1.29 is 14.0 Å². The first kappa shape index (κ1) is 23.2. The summed E-state index contributed by atoms with van der Waals surface area (Å²) in [7, 11) is 0. The topological polar surface area (TPSA) is 104 Å². The monoisotopic (exact) mass is 482 g/mol. The number of nitrogens with one attached hydrogen (secondary N) is 1. The first-order chi connectivity index (χ1) is 17.6. The quantitative estimate of drug-likeness (QED) is 0.431. The molecular weight excluding hydrogens is 456 g/mol. The molecule has 2 aromatic heterocycles. The van der Waals surface area contributed by atoms with Crippen molar-refractivity contribution in [1.29, 1.82) is 0 Å². The average Bonchev–Trinajstić information content (AvgIpc) is 3.39. The highest BCUT2D eigenvalue weighted by Gasteiger charge is 2.22. The van der Waals surface area contributed by atoms with E-state index in [4.69, 9.17) is 4.42 Å². The summed E-state index contributed by atoms with van der Waals surface area (Å²) in [5.74, 6) is 1.08. The molecule has 36 heavy (non-hydrogen) atoms. The Morgan fingerprint density at radius 2 is 1.58 bits per heavy atom. The van der Waals surface area contributed by atoms with Crippen LogP contribution in [-0.4, -0.2) is 57.8 Å². The van der Waals surface area contributed by atoms with E-state index in [2.05, 4.69) is 25.2 Å². The molecule has 1 N–H and O–H groups in total. The van der Waals surface area contributed by atoms with Gasteiger partial charge >= 0.3 is 0 Å². The number of hydrogen-bond acceptors (Lipinski definition) is 7. The van der Waals surface area contributed by atoms with E-state index in [1.807, 2.05) is 59.5 Å². The van der Waals surface area contributed by atoms with E-state index in [-0.39, 0.29) is 18.2 Å². The molecule has 0 bridgehead atoms. The zero-order valence-corrected chi connectivity index (χ0v) is 19.7. The maximum atomic E-state index is 12.8. The van der Waals surface area contributed by atoms with Crippen LogP contribution in [0.5, 0.6) is 0 Å². The Labute approximate surface area is 208 Å². The summed E-state index contributed by atoms with van der Waals surface area (Å²) in [6, 6.07) is 18.7. The van der Waals surface area contributed by atoms with E-state index in [0.717, 1.165) is 11.1 Å². The van der Waals surface area contributed by atoms with Gasteiger partial charge in [-0.2, -0.15) is 0 Å². The summed E-state index contributed by atoms with van der Waals surface area (Å²) in [6.45, 7) is 2.69. The lowest BCUT2D eigenvalue weighted by molar-refractivity contribution is -0.130. The van der Waals surface area contributed by atoms with Gasteiger partial charge in [0.15, 0.2) is 0 Å². The molecule has 0 saturated carbocycles. The Bertz CT molecular complexity index is 1300. The lowest BCUT2D eigenvalue weighted by Crippen LogP contribution is -2.49. The van der Waals surface area contributed by atoms with Crippen LogP contribution < -0.4 is 10.2 Å². The third kappa shape index (κ3) is 5.75. The molecule has 9 nitrogen and oxygen atoms in total.